The van der Waals surface area contributed by atoms with Crippen LogP contribution in [0.1, 0.15) is 42.6 Å². The number of likely N-dealkylation sites (tertiary alicyclic amines) is 1. The van der Waals surface area contributed by atoms with Crippen molar-refractivity contribution >= 4 is 17.1 Å². The number of ether oxygens (including phenoxy) is 1. The molecule has 0 aromatic carbocycles. The van der Waals surface area contributed by atoms with Crippen LogP contribution in [0.4, 0.5) is 10.1 Å². The Balaban J connectivity index is 1.40. The predicted octanol–water partition coefficient (Wildman–Crippen LogP) is 2.38. The van der Waals surface area contributed by atoms with Crippen molar-refractivity contribution in [3.8, 4) is 17.5 Å². The quantitative estimate of drug-likeness (QED) is 0.412. The summed E-state index contributed by atoms with van der Waals surface area (Å²) in [7, 11) is 0. The van der Waals surface area contributed by atoms with E-state index >= 15 is 0 Å². The van der Waals surface area contributed by atoms with Gasteiger partial charge in [0, 0.05) is 25.3 Å². The molecule has 1 unspecified atom stereocenters. The smallest absolute Gasteiger partial charge is 0.255 e. The number of halogens is 1. The molecular formula is C27H32FN7O3. The number of carbonyl (C=O) groups excluding carboxylic acids is 1. The fourth-order valence-corrected chi connectivity index (χ4v) is 4.74. The van der Waals surface area contributed by atoms with Gasteiger partial charge < -0.3 is 20.5 Å². The van der Waals surface area contributed by atoms with Crippen molar-refractivity contribution in [3.63, 3.8) is 0 Å². The van der Waals surface area contributed by atoms with Gasteiger partial charge in [-0.25, -0.2) is 8.91 Å². The predicted molar refractivity (Wildman–Crippen MR) is 139 cm³/mol. The number of pyridine rings is 1. The SMILES string of the molecule is CC(C)(O)C(F)CNC(=O)c1cnc(-c2ccc3cc(C#N)cnn23)cc1NC1CCN(C2COC2)CC1. The number of nitriles is 1. The molecule has 2 saturated heterocycles. The van der Waals surface area contributed by atoms with Crippen molar-refractivity contribution in [2.45, 2.75) is 50.5 Å². The Morgan fingerprint density at radius 2 is 2.05 bits per heavy atom. The first-order valence-corrected chi connectivity index (χ1v) is 12.8. The highest BCUT2D eigenvalue weighted by Crippen LogP contribution is 2.28. The first-order chi connectivity index (χ1) is 18.2. The van der Waals surface area contributed by atoms with E-state index in [1.54, 1.807) is 10.6 Å². The molecule has 38 heavy (non-hydrogen) atoms. The Bertz CT molecular complexity index is 1350. The van der Waals surface area contributed by atoms with Crippen molar-refractivity contribution in [3.05, 3.63) is 47.8 Å². The number of carbonyl (C=O) groups is 1. The maximum absolute atomic E-state index is 14.3. The summed E-state index contributed by atoms with van der Waals surface area (Å²) in [5, 5.41) is 29.6. The van der Waals surface area contributed by atoms with Gasteiger partial charge in [-0.2, -0.15) is 10.4 Å². The van der Waals surface area contributed by atoms with E-state index in [0.29, 0.717) is 34.2 Å². The summed E-state index contributed by atoms with van der Waals surface area (Å²) in [5.74, 6) is -0.473. The Morgan fingerprint density at radius 1 is 1.29 bits per heavy atom. The maximum atomic E-state index is 14.3. The van der Waals surface area contributed by atoms with Crippen LogP contribution >= 0.6 is 0 Å². The van der Waals surface area contributed by atoms with Crippen LogP contribution in [0, 0.1) is 11.3 Å². The number of amides is 1. The topological polar surface area (TPSA) is 128 Å². The number of aliphatic hydroxyl groups is 1. The summed E-state index contributed by atoms with van der Waals surface area (Å²) in [5.41, 5.74) is 1.86. The van der Waals surface area contributed by atoms with Crippen LogP contribution in [0.2, 0.25) is 0 Å². The Kier molecular flexibility index (Phi) is 7.29. The lowest BCUT2D eigenvalue weighted by atomic mass is 10.0. The molecule has 200 valence electrons. The van der Waals surface area contributed by atoms with Gasteiger partial charge in [-0.05, 0) is 51.0 Å². The molecule has 5 heterocycles. The average Bonchev–Trinajstić information content (AvgIpc) is 3.29. The molecule has 0 saturated carbocycles. The number of rotatable bonds is 8. The zero-order chi connectivity index (χ0) is 26.9. The number of fused-ring (bicyclic) bond motifs is 1. The van der Waals surface area contributed by atoms with E-state index in [4.69, 9.17) is 4.74 Å². The molecule has 1 atom stereocenters. The number of nitrogens with one attached hydrogen (secondary N) is 2. The van der Waals surface area contributed by atoms with E-state index in [9.17, 15) is 19.6 Å². The van der Waals surface area contributed by atoms with Crippen LogP contribution < -0.4 is 10.6 Å². The third-order valence-electron chi connectivity index (χ3n) is 7.27. The zero-order valence-corrected chi connectivity index (χ0v) is 21.5. The van der Waals surface area contributed by atoms with Gasteiger partial charge in [-0.15, -0.1) is 0 Å². The van der Waals surface area contributed by atoms with Gasteiger partial charge in [0.15, 0.2) is 0 Å². The number of piperidine rings is 1. The van der Waals surface area contributed by atoms with E-state index in [1.165, 1.54) is 26.2 Å². The summed E-state index contributed by atoms with van der Waals surface area (Å²) in [6.07, 6.45) is 3.18. The molecule has 3 N–H and O–H groups in total. The van der Waals surface area contributed by atoms with Gasteiger partial charge in [0.25, 0.3) is 5.91 Å². The minimum absolute atomic E-state index is 0.153. The van der Waals surface area contributed by atoms with Gasteiger partial charge in [0.2, 0.25) is 0 Å². The molecule has 0 bridgehead atoms. The van der Waals surface area contributed by atoms with Gasteiger partial charge in [0.05, 0.1) is 71.3 Å². The first-order valence-electron chi connectivity index (χ1n) is 12.8. The summed E-state index contributed by atoms with van der Waals surface area (Å²) >= 11 is 0. The van der Waals surface area contributed by atoms with Crippen molar-refractivity contribution in [1.29, 1.82) is 5.26 Å². The van der Waals surface area contributed by atoms with E-state index in [1.807, 2.05) is 18.2 Å². The second-order valence-corrected chi connectivity index (χ2v) is 10.5. The Labute approximate surface area is 220 Å². The van der Waals surface area contributed by atoms with Gasteiger partial charge >= 0.3 is 0 Å². The standard InChI is InChI=1S/C27H32FN7O3/c1-27(2,37)25(28)14-31-26(36)21-13-30-23(24-4-3-19-9-17(11-29)12-32-35(19)24)10-22(21)33-18-5-7-34(8-6-18)20-15-38-16-20/h3-4,9-10,12-13,18,20,25,37H,5-8,14-16H2,1-2H3,(H,30,33)(H,31,36). The minimum atomic E-state index is -1.62. The molecule has 11 heteroatoms. The van der Waals surface area contributed by atoms with Crippen molar-refractivity contribution < 1.29 is 19.0 Å². The highest BCUT2D eigenvalue weighted by molar-refractivity contribution is 6.00. The van der Waals surface area contributed by atoms with E-state index < -0.39 is 17.7 Å². The lowest BCUT2D eigenvalue weighted by Gasteiger charge is -2.41. The average molecular weight is 522 g/mol. The number of anilines is 1. The molecule has 2 aliphatic heterocycles. The minimum Gasteiger partial charge on any atom is -0.387 e. The van der Waals surface area contributed by atoms with Crippen molar-refractivity contribution in [1.82, 2.24) is 24.8 Å². The molecule has 5 rings (SSSR count). The Hall–Kier alpha value is -3.59. The summed E-state index contributed by atoms with van der Waals surface area (Å²) in [6.45, 7) is 5.86. The number of nitrogens with zero attached hydrogens (tertiary/aromatic N) is 5. The fraction of sp³-hybridized carbons (Fsp3) is 0.481. The van der Waals surface area contributed by atoms with Crippen LogP contribution in [0.3, 0.4) is 0 Å². The third kappa shape index (κ3) is 5.48. The molecule has 0 spiro atoms. The molecule has 2 fully saturated rings. The molecule has 0 aliphatic carbocycles. The third-order valence-corrected chi connectivity index (χ3v) is 7.27. The van der Waals surface area contributed by atoms with E-state index in [-0.39, 0.29) is 12.6 Å². The van der Waals surface area contributed by atoms with Crippen LogP contribution in [-0.4, -0.2) is 87.2 Å². The lowest BCUT2D eigenvalue weighted by Crippen LogP contribution is -2.53. The molecule has 3 aromatic heterocycles. The number of hydrogen-bond donors (Lipinski definition) is 3. The van der Waals surface area contributed by atoms with Crippen molar-refractivity contribution in [2.24, 2.45) is 0 Å². The van der Waals surface area contributed by atoms with Crippen LogP contribution in [0.15, 0.2) is 36.7 Å². The zero-order valence-electron chi connectivity index (χ0n) is 21.5. The van der Waals surface area contributed by atoms with Gasteiger partial charge in [0.1, 0.15) is 12.2 Å². The first kappa shape index (κ1) is 26.0. The highest BCUT2D eigenvalue weighted by atomic mass is 19.1. The fourth-order valence-electron chi connectivity index (χ4n) is 4.74. The normalized spacial score (nSPS) is 18.1. The molecule has 10 nitrogen and oxygen atoms in total. The Morgan fingerprint density at radius 3 is 2.71 bits per heavy atom. The van der Waals surface area contributed by atoms with E-state index in [2.05, 4.69) is 31.7 Å². The monoisotopic (exact) mass is 521 g/mol. The number of hydrogen-bond acceptors (Lipinski definition) is 8. The highest BCUT2D eigenvalue weighted by Gasteiger charge is 2.31. The summed E-state index contributed by atoms with van der Waals surface area (Å²) in [6, 6.07) is 10.0. The second-order valence-electron chi connectivity index (χ2n) is 10.5. The summed E-state index contributed by atoms with van der Waals surface area (Å²) < 4.78 is 21.3. The van der Waals surface area contributed by atoms with E-state index in [0.717, 1.165) is 44.7 Å². The largest absolute Gasteiger partial charge is 0.387 e. The molecular weight excluding hydrogens is 489 g/mol. The molecule has 1 amide bonds. The number of alkyl halides is 1. The lowest BCUT2D eigenvalue weighted by molar-refractivity contribution is -0.0705. The molecule has 0 radical (unpaired) electrons. The maximum Gasteiger partial charge on any atom is 0.255 e. The van der Waals surface area contributed by atoms with Gasteiger partial charge in [-0.3, -0.25) is 14.7 Å². The number of aromatic nitrogens is 3. The summed E-state index contributed by atoms with van der Waals surface area (Å²) in [4.78, 5) is 20.1. The van der Waals surface area contributed by atoms with Crippen molar-refractivity contribution in [2.75, 3.05) is 38.2 Å². The van der Waals surface area contributed by atoms with Crippen LogP contribution in [-0.2, 0) is 4.74 Å². The van der Waals surface area contributed by atoms with Gasteiger partial charge in [-0.1, -0.05) is 0 Å². The molecule has 2 aliphatic rings. The van der Waals surface area contributed by atoms with Crippen LogP contribution in [0.5, 0.6) is 0 Å². The van der Waals surface area contributed by atoms with Crippen LogP contribution in [0.25, 0.3) is 16.9 Å². The molecule has 3 aromatic rings. The second kappa shape index (κ2) is 10.6.